The third kappa shape index (κ3) is 3.05. The number of fused-ring (bicyclic) bond motifs is 1. The van der Waals surface area contributed by atoms with Gasteiger partial charge in [-0.1, -0.05) is 12.1 Å². The van der Waals surface area contributed by atoms with Crippen molar-refractivity contribution in [2.75, 3.05) is 12.4 Å². The molecule has 0 fully saturated rings. The van der Waals surface area contributed by atoms with Gasteiger partial charge in [-0.3, -0.25) is 4.79 Å². The summed E-state index contributed by atoms with van der Waals surface area (Å²) < 4.78 is 6.88. The molecule has 3 aromatic rings. The van der Waals surface area contributed by atoms with Crippen molar-refractivity contribution >= 4 is 11.7 Å². The lowest BCUT2D eigenvalue weighted by Crippen LogP contribution is -2.25. The van der Waals surface area contributed by atoms with E-state index in [0.29, 0.717) is 18.2 Å². The predicted octanol–water partition coefficient (Wildman–Crippen LogP) is 3.07. The number of benzene rings is 1. The van der Waals surface area contributed by atoms with E-state index in [2.05, 4.69) is 20.4 Å². The van der Waals surface area contributed by atoms with Crippen molar-refractivity contribution in [3.8, 4) is 11.7 Å². The summed E-state index contributed by atoms with van der Waals surface area (Å²) in [6.07, 6.45) is 0.375. The Hall–Kier alpha value is -3.22. The zero-order valence-corrected chi connectivity index (χ0v) is 15.8. The highest BCUT2D eigenvalue weighted by molar-refractivity contribution is 5.95. The maximum Gasteiger partial charge on any atom is 0.252 e. The normalized spacial score (nSPS) is 16.0. The van der Waals surface area contributed by atoms with Gasteiger partial charge < -0.3 is 10.1 Å². The number of rotatable bonds is 3. The molecule has 1 aliphatic heterocycles. The summed E-state index contributed by atoms with van der Waals surface area (Å²) in [5, 5.41) is 7.61. The van der Waals surface area contributed by atoms with E-state index in [-0.39, 0.29) is 11.8 Å². The van der Waals surface area contributed by atoms with Crippen LogP contribution in [-0.2, 0) is 4.79 Å². The van der Waals surface area contributed by atoms with Gasteiger partial charge in [-0.15, -0.1) is 0 Å². The molecule has 1 unspecified atom stereocenters. The highest BCUT2D eigenvalue weighted by Crippen LogP contribution is 2.40. The number of aryl methyl sites for hydroxylation is 3. The summed E-state index contributed by atoms with van der Waals surface area (Å²) in [7, 11) is 1.64. The van der Waals surface area contributed by atoms with E-state index in [0.717, 1.165) is 34.0 Å². The Labute approximate surface area is 157 Å². The number of nitrogens with one attached hydrogen (secondary N) is 1. The van der Waals surface area contributed by atoms with Crippen LogP contribution in [0.4, 0.5) is 5.82 Å². The van der Waals surface area contributed by atoms with Crippen LogP contribution >= 0.6 is 0 Å². The Morgan fingerprint density at radius 2 is 1.78 bits per heavy atom. The van der Waals surface area contributed by atoms with E-state index in [4.69, 9.17) is 4.74 Å². The molecule has 1 N–H and O–H groups in total. The molecule has 138 valence electrons. The van der Waals surface area contributed by atoms with Crippen LogP contribution in [0, 0.1) is 20.8 Å². The number of nitrogens with zero attached hydrogens (tertiary/aromatic N) is 4. The topological polar surface area (TPSA) is 81.9 Å². The number of hydrogen-bond acceptors (Lipinski definition) is 5. The van der Waals surface area contributed by atoms with Gasteiger partial charge in [-0.2, -0.15) is 9.78 Å². The van der Waals surface area contributed by atoms with Crippen molar-refractivity contribution in [1.82, 2.24) is 19.7 Å². The van der Waals surface area contributed by atoms with Crippen LogP contribution < -0.4 is 10.1 Å². The van der Waals surface area contributed by atoms with Gasteiger partial charge >= 0.3 is 0 Å². The number of anilines is 1. The molecule has 3 heterocycles. The van der Waals surface area contributed by atoms with Crippen LogP contribution in [0.15, 0.2) is 30.3 Å². The summed E-state index contributed by atoms with van der Waals surface area (Å²) in [4.78, 5) is 21.4. The second kappa shape index (κ2) is 6.50. The molecule has 0 saturated heterocycles. The average Bonchev–Trinajstić information content (AvgIpc) is 2.97. The molecule has 1 atom stereocenters. The lowest BCUT2D eigenvalue weighted by atomic mass is 9.86. The summed E-state index contributed by atoms with van der Waals surface area (Å²) in [6, 6.07) is 9.72. The van der Waals surface area contributed by atoms with E-state index >= 15 is 0 Å². The zero-order chi connectivity index (χ0) is 19.1. The van der Waals surface area contributed by atoms with Crippen LogP contribution in [0.5, 0.6) is 5.75 Å². The standard InChI is InChI=1S/C20H21N5O2/c1-11-9-12(2)22-20(21-11)25-19-18(13(3)24-25)16(10-17(26)23-19)14-5-7-15(27-4)8-6-14/h5-9,16H,10H2,1-4H3,(H,23,26). The lowest BCUT2D eigenvalue weighted by Gasteiger charge is -2.24. The molecule has 2 aromatic heterocycles. The summed E-state index contributed by atoms with van der Waals surface area (Å²) in [5.74, 6) is 1.78. The average molecular weight is 363 g/mol. The van der Waals surface area contributed by atoms with Crippen LogP contribution in [0.3, 0.4) is 0 Å². The van der Waals surface area contributed by atoms with Gasteiger partial charge in [0.15, 0.2) is 0 Å². The van der Waals surface area contributed by atoms with Gasteiger partial charge in [0.1, 0.15) is 11.6 Å². The minimum Gasteiger partial charge on any atom is -0.497 e. The predicted molar refractivity (Wildman–Crippen MR) is 101 cm³/mol. The quantitative estimate of drug-likeness (QED) is 0.773. The maximum absolute atomic E-state index is 12.4. The summed E-state index contributed by atoms with van der Waals surface area (Å²) >= 11 is 0. The van der Waals surface area contributed by atoms with E-state index < -0.39 is 0 Å². The van der Waals surface area contributed by atoms with Crippen molar-refractivity contribution in [3.63, 3.8) is 0 Å². The molecule has 27 heavy (non-hydrogen) atoms. The van der Waals surface area contributed by atoms with Crippen molar-refractivity contribution in [1.29, 1.82) is 0 Å². The first-order chi connectivity index (χ1) is 13.0. The minimum atomic E-state index is -0.0701. The molecule has 0 radical (unpaired) electrons. The van der Waals surface area contributed by atoms with E-state index in [1.807, 2.05) is 51.1 Å². The van der Waals surface area contributed by atoms with Gasteiger partial charge in [-0.05, 0) is 44.5 Å². The third-order valence-corrected chi connectivity index (χ3v) is 4.78. The van der Waals surface area contributed by atoms with E-state index in [1.54, 1.807) is 11.8 Å². The Morgan fingerprint density at radius 1 is 1.11 bits per heavy atom. The fraction of sp³-hybridized carbons (Fsp3) is 0.300. The van der Waals surface area contributed by atoms with Crippen LogP contribution in [0.1, 0.15) is 40.5 Å². The molecule has 0 spiro atoms. The molecule has 7 heteroatoms. The second-order valence-corrected chi connectivity index (χ2v) is 6.79. The molecule has 7 nitrogen and oxygen atoms in total. The molecule has 0 bridgehead atoms. The monoisotopic (exact) mass is 363 g/mol. The Bertz CT molecular complexity index is 1000. The van der Waals surface area contributed by atoms with Gasteiger partial charge in [0.2, 0.25) is 5.91 Å². The van der Waals surface area contributed by atoms with Gasteiger partial charge in [0, 0.05) is 29.3 Å². The number of ether oxygens (including phenoxy) is 1. The highest BCUT2D eigenvalue weighted by Gasteiger charge is 2.33. The fourth-order valence-corrected chi connectivity index (χ4v) is 3.61. The first-order valence-electron chi connectivity index (χ1n) is 8.82. The summed E-state index contributed by atoms with van der Waals surface area (Å²) in [6.45, 7) is 5.78. The molecule has 1 amide bonds. The van der Waals surface area contributed by atoms with Crippen molar-refractivity contribution in [2.24, 2.45) is 0 Å². The largest absolute Gasteiger partial charge is 0.497 e. The first kappa shape index (κ1) is 17.2. The van der Waals surface area contributed by atoms with Gasteiger partial charge in [0.25, 0.3) is 5.95 Å². The number of hydrogen-bond donors (Lipinski definition) is 1. The Kier molecular flexibility index (Phi) is 4.14. The number of amides is 1. The minimum absolute atomic E-state index is 0.0474. The highest BCUT2D eigenvalue weighted by atomic mass is 16.5. The SMILES string of the molecule is COc1ccc(C2CC(=O)Nc3c2c(C)nn3-c2nc(C)cc(C)n2)cc1. The molecular formula is C20H21N5O2. The zero-order valence-electron chi connectivity index (χ0n) is 15.8. The van der Waals surface area contributed by atoms with Crippen molar-refractivity contribution in [2.45, 2.75) is 33.1 Å². The van der Waals surface area contributed by atoms with Crippen molar-refractivity contribution < 1.29 is 9.53 Å². The number of aromatic nitrogens is 4. The second-order valence-electron chi connectivity index (χ2n) is 6.79. The molecular weight excluding hydrogens is 342 g/mol. The van der Waals surface area contributed by atoms with Crippen molar-refractivity contribution in [3.05, 3.63) is 58.5 Å². The molecule has 4 rings (SSSR count). The third-order valence-electron chi connectivity index (χ3n) is 4.78. The summed E-state index contributed by atoms with van der Waals surface area (Å²) in [5.41, 5.74) is 4.62. The van der Waals surface area contributed by atoms with Crippen LogP contribution in [0.25, 0.3) is 5.95 Å². The number of carbonyl (C=O) groups is 1. The number of carbonyl (C=O) groups excluding carboxylic acids is 1. The fourth-order valence-electron chi connectivity index (χ4n) is 3.61. The van der Waals surface area contributed by atoms with Crippen LogP contribution in [-0.4, -0.2) is 32.8 Å². The number of methoxy groups -OCH3 is 1. The van der Waals surface area contributed by atoms with Gasteiger partial charge in [-0.25, -0.2) is 9.97 Å². The molecule has 0 aliphatic carbocycles. The van der Waals surface area contributed by atoms with Gasteiger partial charge in [0.05, 0.1) is 12.8 Å². The Balaban J connectivity index is 1.85. The molecule has 1 aromatic carbocycles. The molecule has 1 aliphatic rings. The van der Waals surface area contributed by atoms with E-state index in [1.165, 1.54) is 0 Å². The first-order valence-corrected chi connectivity index (χ1v) is 8.82. The lowest BCUT2D eigenvalue weighted by molar-refractivity contribution is -0.116. The Morgan fingerprint density at radius 3 is 2.41 bits per heavy atom. The smallest absolute Gasteiger partial charge is 0.252 e. The maximum atomic E-state index is 12.4. The van der Waals surface area contributed by atoms with Crippen LogP contribution in [0.2, 0.25) is 0 Å². The van der Waals surface area contributed by atoms with E-state index in [9.17, 15) is 4.79 Å². The molecule has 0 saturated carbocycles.